The first-order valence-corrected chi connectivity index (χ1v) is 6.31. The minimum Gasteiger partial charge on any atom is -0.480 e. The first-order valence-electron chi connectivity index (χ1n) is 5.49. The lowest BCUT2D eigenvalue weighted by Crippen LogP contribution is -2.47. The van der Waals surface area contributed by atoms with Gasteiger partial charge in [0.05, 0.1) is 13.0 Å². The lowest BCUT2D eigenvalue weighted by Gasteiger charge is -2.13. The molecule has 1 aromatic rings. The lowest BCUT2D eigenvalue weighted by molar-refractivity contribution is -0.140. The summed E-state index contributed by atoms with van der Waals surface area (Å²) in [4.78, 5) is 35.0. The number of carboxylic acid groups (broad SMARTS) is 1. The highest BCUT2D eigenvalue weighted by atomic mass is 32.1. The van der Waals surface area contributed by atoms with Crippen molar-refractivity contribution >= 4 is 29.2 Å². The molecule has 0 radical (unpaired) electrons. The monoisotopic (exact) mass is 285 g/mol. The second-order valence-corrected chi connectivity index (χ2v) is 5.27. The van der Waals surface area contributed by atoms with Crippen LogP contribution in [0.2, 0.25) is 0 Å². The van der Waals surface area contributed by atoms with Crippen LogP contribution < -0.4 is 16.4 Å². The Morgan fingerprint density at radius 2 is 2.11 bits per heavy atom. The fourth-order valence-electron chi connectivity index (χ4n) is 1.36. The molecule has 0 aliphatic carbocycles. The third-order valence-corrected chi connectivity index (χ3v) is 3.23. The summed E-state index contributed by atoms with van der Waals surface area (Å²) in [5.41, 5.74) is 4.90. The van der Waals surface area contributed by atoms with Gasteiger partial charge in [0.25, 0.3) is 0 Å². The van der Waals surface area contributed by atoms with Gasteiger partial charge in [-0.15, -0.1) is 11.3 Å². The Hall–Kier alpha value is -2.09. The van der Waals surface area contributed by atoms with Crippen LogP contribution in [0.15, 0.2) is 12.1 Å². The van der Waals surface area contributed by atoms with E-state index in [4.69, 9.17) is 10.8 Å². The number of nitrogens with two attached hydrogens (primary N) is 1. The molecule has 3 amide bonds. The van der Waals surface area contributed by atoms with Gasteiger partial charge >= 0.3 is 12.0 Å². The largest absolute Gasteiger partial charge is 0.480 e. The number of rotatable bonds is 6. The quantitative estimate of drug-likeness (QED) is 0.595. The normalized spacial score (nSPS) is 11.6. The number of carboxylic acids is 1. The molecule has 0 saturated carbocycles. The van der Waals surface area contributed by atoms with E-state index in [1.807, 2.05) is 19.1 Å². The van der Waals surface area contributed by atoms with Crippen molar-refractivity contribution < 1.29 is 19.5 Å². The Morgan fingerprint density at radius 3 is 2.58 bits per heavy atom. The Bertz CT molecular complexity index is 486. The number of urea groups is 1. The van der Waals surface area contributed by atoms with Crippen LogP contribution in [0.4, 0.5) is 4.79 Å². The number of hydrogen-bond donors (Lipinski definition) is 4. The molecule has 104 valence electrons. The molecule has 1 atom stereocenters. The zero-order valence-corrected chi connectivity index (χ0v) is 11.1. The van der Waals surface area contributed by atoms with Gasteiger partial charge in [0.2, 0.25) is 5.91 Å². The maximum Gasteiger partial charge on any atom is 0.326 e. The summed E-state index contributed by atoms with van der Waals surface area (Å²) in [7, 11) is 0. The Morgan fingerprint density at radius 1 is 1.42 bits per heavy atom. The average Bonchev–Trinajstić information content (AvgIpc) is 2.71. The van der Waals surface area contributed by atoms with Crippen LogP contribution in [0, 0.1) is 6.92 Å². The molecule has 1 rings (SSSR count). The van der Waals surface area contributed by atoms with Gasteiger partial charge in [0.15, 0.2) is 0 Å². The van der Waals surface area contributed by atoms with Crippen molar-refractivity contribution in [2.24, 2.45) is 5.73 Å². The van der Waals surface area contributed by atoms with E-state index in [1.54, 1.807) is 0 Å². The standard InChI is InChI=1S/C11H15N3O4S/c1-6-2-3-7(19-6)5-13-11(18)14-8(10(16)17)4-9(12)15/h2-3,8H,4-5H2,1H3,(H2,12,15)(H,16,17)(H2,13,14,18). The van der Waals surface area contributed by atoms with Gasteiger partial charge in [-0.2, -0.15) is 0 Å². The van der Waals surface area contributed by atoms with Crippen LogP contribution in [0.25, 0.3) is 0 Å². The molecular formula is C11H15N3O4S. The molecule has 1 aromatic heterocycles. The van der Waals surface area contributed by atoms with Gasteiger partial charge in [0, 0.05) is 9.75 Å². The van der Waals surface area contributed by atoms with Crippen LogP contribution >= 0.6 is 11.3 Å². The number of hydrogen-bond acceptors (Lipinski definition) is 4. The van der Waals surface area contributed by atoms with Crippen molar-refractivity contribution in [2.45, 2.75) is 25.9 Å². The smallest absolute Gasteiger partial charge is 0.326 e. The van der Waals surface area contributed by atoms with E-state index in [0.29, 0.717) is 6.54 Å². The Balaban J connectivity index is 2.44. The fourth-order valence-corrected chi connectivity index (χ4v) is 2.19. The second kappa shape index (κ2) is 6.74. The SMILES string of the molecule is Cc1ccc(CNC(=O)NC(CC(N)=O)C(=O)O)s1. The highest BCUT2D eigenvalue weighted by Gasteiger charge is 2.21. The molecule has 7 nitrogen and oxygen atoms in total. The number of carbonyl (C=O) groups excluding carboxylic acids is 2. The summed E-state index contributed by atoms with van der Waals surface area (Å²) in [6, 6.07) is 1.83. The summed E-state index contributed by atoms with van der Waals surface area (Å²) in [5.74, 6) is -2.09. The van der Waals surface area contributed by atoms with Gasteiger partial charge in [-0.25, -0.2) is 9.59 Å². The molecule has 0 bridgehead atoms. The van der Waals surface area contributed by atoms with Gasteiger partial charge in [0.1, 0.15) is 6.04 Å². The zero-order valence-electron chi connectivity index (χ0n) is 10.3. The van der Waals surface area contributed by atoms with Gasteiger partial charge in [-0.3, -0.25) is 4.79 Å². The van der Waals surface area contributed by atoms with Crippen molar-refractivity contribution in [2.75, 3.05) is 0 Å². The number of primary amides is 1. The summed E-state index contributed by atoms with van der Waals surface area (Å²) in [5, 5.41) is 13.5. The van der Waals surface area contributed by atoms with E-state index in [0.717, 1.165) is 9.75 Å². The van der Waals surface area contributed by atoms with Crippen LogP contribution in [-0.4, -0.2) is 29.1 Å². The van der Waals surface area contributed by atoms with Crippen molar-refractivity contribution in [3.05, 3.63) is 21.9 Å². The molecule has 0 aromatic carbocycles. The number of amides is 3. The lowest BCUT2D eigenvalue weighted by atomic mass is 10.2. The second-order valence-electron chi connectivity index (χ2n) is 3.90. The van der Waals surface area contributed by atoms with Gasteiger partial charge in [-0.05, 0) is 19.1 Å². The van der Waals surface area contributed by atoms with Crippen LogP contribution in [0.3, 0.4) is 0 Å². The van der Waals surface area contributed by atoms with Crippen LogP contribution in [0.5, 0.6) is 0 Å². The number of carbonyl (C=O) groups is 3. The molecule has 8 heteroatoms. The predicted molar refractivity (Wildman–Crippen MR) is 69.7 cm³/mol. The van der Waals surface area contributed by atoms with Gasteiger partial charge < -0.3 is 21.5 Å². The number of thiophene rings is 1. The molecule has 1 unspecified atom stereocenters. The fraction of sp³-hybridized carbons (Fsp3) is 0.364. The molecule has 5 N–H and O–H groups in total. The predicted octanol–water partition coefficient (Wildman–Crippen LogP) is 0.184. The third-order valence-electron chi connectivity index (χ3n) is 2.23. The third kappa shape index (κ3) is 5.38. The van der Waals surface area contributed by atoms with Crippen molar-refractivity contribution in [1.29, 1.82) is 0 Å². The highest BCUT2D eigenvalue weighted by Crippen LogP contribution is 2.14. The van der Waals surface area contributed by atoms with E-state index in [2.05, 4.69) is 10.6 Å². The van der Waals surface area contributed by atoms with Crippen molar-refractivity contribution in [3.63, 3.8) is 0 Å². The van der Waals surface area contributed by atoms with Gasteiger partial charge in [-0.1, -0.05) is 0 Å². The van der Waals surface area contributed by atoms with E-state index >= 15 is 0 Å². The molecule has 0 aliphatic rings. The molecule has 0 fully saturated rings. The Labute approximate surface area is 113 Å². The molecular weight excluding hydrogens is 270 g/mol. The van der Waals surface area contributed by atoms with Crippen molar-refractivity contribution in [1.82, 2.24) is 10.6 Å². The topological polar surface area (TPSA) is 122 Å². The molecule has 19 heavy (non-hydrogen) atoms. The van der Waals surface area contributed by atoms with E-state index < -0.39 is 30.4 Å². The van der Waals surface area contributed by atoms with Crippen molar-refractivity contribution in [3.8, 4) is 0 Å². The summed E-state index contributed by atoms with van der Waals surface area (Å²) < 4.78 is 0. The summed E-state index contributed by atoms with van der Waals surface area (Å²) in [6.45, 7) is 2.24. The number of nitrogens with one attached hydrogen (secondary N) is 2. The highest BCUT2D eigenvalue weighted by molar-refractivity contribution is 7.11. The Kier molecular flexibility index (Phi) is 5.31. The maximum absolute atomic E-state index is 11.5. The van der Waals surface area contributed by atoms with E-state index in [-0.39, 0.29) is 0 Å². The number of aryl methyl sites for hydroxylation is 1. The molecule has 1 heterocycles. The molecule has 0 saturated heterocycles. The van der Waals surface area contributed by atoms with Crippen LogP contribution in [0.1, 0.15) is 16.2 Å². The van der Waals surface area contributed by atoms with E-state index in [9.17, 15) is 14.4 Å². The maximum atomic E-state index is 11.5. The molecule has 0 spiro atoms. The zero-order chi connectivity index (χ0) is 14.4. The van der Waals surface area contributed by atoms with E-state index in [1.165, 1.54) is 11.3 Å². The average molecular weight is 285 g/mol. The molecule has 0 aliphatic heterocycles. The minimum atomic E-state index is -1.32. The first kappa shape index (κ1) is 15.0. The first-order chi connectivity index (χ1) is 8.88. The van der Waals surface area contributed by atoms with Crippen LogP contribution in [-0.2, 0) is 16.1 Å². The minimum absolute atomic E-state index is 0.299. The summed E-state index contributed by atoms with van der Waals surface area (Å²) in [6.07, 6.45) is -0.444. The number of aliphatic carboxylic acids is 1. The summed E-state index contributed by atoms with van der Waals surface area (Å²) >= 11 is 1.53.